The second-order valence-corrected chi connectivity index (χ2v) is 10.8. The van der Waals surface area contributed by atoms with Crippen LogP contribution in [0.15, 0.2) is 35.7 Å². The van der Waals surface area contributed by atoms with Crippen molar-refractivity contribution in [3.8, 4) is 5.75 Å². The molecule has 3 aliphatic carbocycles. The molecule has 0 unspecified atom stereocenters. The number of benzene rings is 1. The van der Waals surface area contributed by atoms with Gasteiger partial charge in [-0.05, 0) is 73.5 Å². The molecule has 0 spiro atoms. The van der Waals surface area contributed by atoms with Crippen LogP contribution in [0.5, 0.6) is 5.75 Å². The first kappa shape index (κ1) is 22.8. The van der Waals surface area contributed by atoms with Crippen LogP contribution >= 0.6 is 11.3 Å². The average molecular weight is 456 g/mol. The number of nitrogens with one attached hydrogen (secondary N) is 1. The normalized spacial score (nSPS) is 26.1. The van der Waals surface area contributed by atoms with Gasteiger partial charge < -0.3 is 15.2 Å². The summed E-state index contributed by atoms with van der Waals surface area (Å²) >= 11 is 1.59. The van der Waals surface area contributed by atoms with Crippen molar-refractivity contribution in [1.29, 1.82) is 0 Å². The fraction of sp³-hybridized carbons (Fsp3) is 0.538. The summed E-state index contributed by atoms with van der Waals surface area (Å²) in [4.78, 5) is 24.0. The molecule has 5 nitrogen and oxygen atoms in total. The second-order valence-electron chi connectivity index (χ2n) is 9.84. The van der Waals surface area contributed by atoms with Crippen LogP contribution in [0.4, 0.5) is 0 Å². The minimum absolute atomic E-state index is 0.00375. The zero-order chi connectivity index (χ0) is 22.9. The van der Waals surface area contributed by atoms with Crippen molar-refractivity contribution < 1.29 is 19.4 Å². The number of ether oxygens (including phenoxy) is 1. The lowest BCUT2D eigenvalue weighted by Crippen LogP contribution is -2.61. The predicted molar refractivity (Wildman–Crippen MR) is 128 cm³/mol. The Kier molecular flexibility index (Phi) is 6.61. The van der Waals surface area contributed by atoms with Crippen LogP contribution in [0.25, 0.3) is 10.1 Å². The number of carboxylic acids is 1. The van der Waals surface area contributed by atoms with Crippen molar-refractivity contribution >= 4 is 33.3 Å². The second kappa shape index (κ2) is 9.26. The lowest BCUT2D eigenvalue weighted by molar-refractivity contribution is -0.137. The Labute approximate surface area is 193 Å². The van der Waals surface area contributed by atoms with Crippen LogP contribution in [0.2, 0.25) is 0 Å². The van der Waals surface area contributed by atoms with Crippen molar-refractivity contribution in [2.45, 2.75) is 58.4 Å². The Morgan fingerprint density at radius 1 is 1.28 bits per heavy atom. The number of carbonyl (C=O) groups is 2. The number of hydrogen-bond donors (Lipinski definition) is 2. The smallest absolute Gasteiger partial charge is 0.303 e. The van der Waals surface area contributed by atoms with Crippen LogP contribution < -0.4 is 10.1 Å². The number of aliphatic carboxylic acids is 1. The van der Waals surface area contributed by atoms with E-state index < -0.39 is 5.97 Å². The molecule has 2 N–H and O–H groups in total. The molecule has 1 aromatic carbocycles. The van der Waals surface area contributed by atoms with Gasteiger partial charge in [0, 0.05) is 27.9 Å². The molecule has 0 aliphatic heterocycles. The molecular weight excluding hydrogens is 422 g/mol. The van der Waals surface area contributed by atoms with Gasteiger partial charge in [0.05, 0.1) is 12.7 Å². The molecule has 2 bridgehead atoms. The third-order valence-corrected chi connectivity index (χ3v) is 8.76. The lowest BCUT2D eigenvalue weighted by atomic mass is 9.44. The van der Waals surface area contributed by atoms with Crippen LogP contribution in [0.1, 0.15) is 62.7 Å². The number of unbranched alkanes of at least 4 members (excludes halogenated alkanes) is 1. The average Bonchev–Trinajstić information content (AvgIpc) is 3.19. The number of thiophene rings is 1. The van der Waals surface area contributed by atoms with E-state index in [4.69, 9.17) is 9.84 Å². The maximum Gasteiger partial charge on any atom is 0.303 e. The highest BCUT2D eigenvalue weighted by atomic mass is 32.1. The fourth-order valence-electron chi connectivity index (χ4n) is 5.74. The summed E-state index contributed by atoms with van der Waals surface area (Å²) in [5.41, 5.74) is 1.05. The Morgan fingerprint density at radius 2 is 2.09 bits per heavy atom. The minimum Gasteiger partial charge on any atom is -0.497 e. The molecule has 5 rings (SSSR count). The molecule has 6 heteroatoms. The molecule has 0 radical (unpaired) electrons. The van der Waals surface area contributed by atoms with E-state index in [1.807, 2.05) is 23.6 Å². The summed E-state index contributed by atoms with van der Waals surface area (Å²) in [6, 6.07) is 6.05. The molecule has 2 aromatic rings. The van der Waals surface area contributed by atoms with Gasteiger partial charge in [-0.25, -0.2) is 0 Å². The van der Waals surface area contributed by atoms with Crippen molar-refractivity contribution in [3.63, 3.8) is 0 Å². The zero-order valence-corrected chi connectivity index (χ0v) is 19.9. The van der Waals surface area contributed by atoms with Gasteiger partial charge in [0.25, 0.3) is 5.91 Å². The summed E-state index contributed by atoms with van der Waals surface area (Å²) in [5.74, 6) is 1.70. The van der Waals surface area contributed by atoms with Gasteiger partial charge in [-0.1, -0.05) is 26.0 Å². The third-order valence-electron chi connectivity index (χ3n) is 7.80. The van der Waals surface area contributed by atoms with E-state index in [2.05, 4.69) is 31.3 Å². The van der Waals surface area contributed by atoms with E-state index in [1.54, 1.807) is 18.4 Å². The Morgan fingerprint density at radius 3 is 2.81 bits per heavy atom. The summed E-state index contributed by atoms with van der Waals surface area (Å²) < 4.78 is 6.44. The number of carbonyl (C=O) groups excluding carboxylic acids is 1. The van der Waals surface area contributed by atoms with Crippen LogP contribution in [0.3, 0.4) is 0 Å². The lowest BCUT2D eigenvalue weighted by Gasteiger charge is -2.62. The summed E-state index contributed by atoms with van der Waals surface area (Å²) in [6.07, 6.45) is 9.18. The minimum atomic E-state index is -0.741. The first-order chi connectivity index (χ1) is 15.3. The molecular formula is C26H33NO4S. The number of carboxylic acid groups (broad SMARTS) is 1. The van der Waals surface area contributed by atoms with E-state index in [1.165, 1.54) is 6.42 Å². The van der Waals surface area contributed by atoms with Gasteiger partial charge in [-0.3, -0.25) is 9.59 Å². The standard InChI is InChI=1S/C26H33NO4S/c1-26(2)16-12-21(26)18(8-6-4-5-7-9-24(28)29)22(13-16)27-25(30)20-15-32-23-11-10-17(31-3)14-19(20)23/h4,6,10-11,14-16,18,21-22H,5,7-9,12-13H2,1-3H3,(H,27,30)(H,28,29)/b6-4-/t16-,18-,21+,22+/m1/s1. The van der Waals surface area contributed by atoms with Gasteiger partial charge in [0.2, 0.25) is 0 Å². The van der Waals surface area contributed by atoms with Gasteiger partial charge >= 0.3 is 5.97 Å². The number of fused-ring (bicyclic) bond motifs is 3. The predicted octanol–water partition coefficient (Wildman–Crippen LogP) is 5.89. The number of methoxy groups -OCH3 is 1. The van der Waals surface area contributed by atoms with E-state index in [9.17, 15) is 9.59 Å². The highest BCUT2D eigenvalue weighted by Crippen LogP contribution is 2.62. The van der Waals surface area contributed by atoms with E-state index in [0.717, 1.165) is 40.7 Å². The van der Waals surface area contributed by atoms with Crippen molar-refractivity contribution in [2.75, 3.05) is 7.11 Å². The van der Waals surface area contributed by atoms with Crippen LogP contribution in [0, 0.1) is 23.2 Å². The molecule has 1 aromatic heterocycles. The first-order valence-electron chi connectivity index (χ1n) is 11.5. The molecule has 3 aliphatic rings. The summed E-state index contributed by atoms with van der Waals surface area (Å²) in [7, 11) is 1.64. The molecule has 32 heavy (non-hydrogen) atoms. The molecule has 1 heterocycles. The van der Waals surface area contributed by atoms with E-state index in [0.29, 0.717) is 29.6 Å². The van der Waals surface area contributed by atoms with Crippen molar-refractivity contribution in [1.82, 2.24) is 5.32 Å². The molecule has 172 valence electrons. The van der Waals surface area contributed by atoms with E-state index >= 15 is 0 Å². The van der Waals surface area contributed by atoms with Gasteiger partial charge in [0.15, 0.2) is 0 Å². The SMILES string of the molecule is COc1ccc2scc(C(=O)N[C@H]3C[C@H]4C[C@@H]([C@H]3C/C=C\CCCC(=O)O)C4(C)C)c2c1. The van der Waals surface area contributed by atoms with Gasteiger partial charge in [-0.15, -0.1) is 11.3 Å². The Bertz CT molecular complexity index is 1020. The molecule has 3 saturated carbocycles. The quantitative estimate of drug-likeness (QED) is 0.365. The molecule has 3 fully saturated rings. The summed E-state index contributed by atoms with van der Waals surface area (Å²) in [5, 5.41) is 15.1. The van der Waals surface area contributed by atoms with Crippen LogP contribution in [-0.2, 0) is 4.79 Å². The first-order valence-corrected chi connectivity index (χ1v) is 12.4. The number of amides is 1. The summed E-state index contributed by atoms with van der Waals surface area (Å²) in [6.45, 7) is 4.73. The number of hydrogen-bond acceptors (Lipinski definition) is 4. The van der Waals surface area contributed by atoms with Gasteiger partial charge in [-0.2, -0.15) is 0 Å². The fourth-order valence-corrected chi connectivity index (χ4v) is 6.66. The highest BCUT2D eigenvalue weighted by molar-refractivity contribution is 7.17. The van der Waals surface area contributed by atoms with Crippen molar-refractivity contribution in [3.05, 3.63) is 41.3 Å². The van der Waals surface area contributed by atoms with Crippen LogP contribution in [-0.4, -0.2) is 30.1 Å². The number of allylic oxidation sites excluding steroid dienone is 2. The molecule has 1 amide bonds. The van der Waals surface area contributed by atoms with Gasteiger partial charge in [0.1, 0.15) is 5.75 Å². The molecule has 0 saturated heterocycles. The maximum atomic E-state index is 13.3. The third kappa shape index (κ3) is 4.42. The largest absolute Gasteiger partial charge is 0.497 e. The van der Waals surface area contributed by atoms with E-state index in [-0.39, 0.29) is 18.4 Å². The Balaban J connectivity index is 1.46. The van der Waals surface area contributed by atoms with Crippen molar-refractivity contribution in [2.24, 2.45) is 23.2 Å². The highest BCUT2D eigenvalue weighted by Gasteiger charge is 2.57. The maximum absolute atomic E-state index is 13.3. The zero-order valence-electron chi connectivity index (χ0n) is 19.1. The molecule has 4 atom stereocenters. The Hall–Kier alpha value is -2.34. The monoisotopic (exact) mass is 455 g/mol. The topological polar surface area (TPSA) is 75.6 Å². The number of rotatable bonds is 9.